The third-order valence-electron chi connectivity index (χ3n) is 2.87. The van der Waals surface area contributed by atoms with Crippen LogP contribution in [-0.4, -0.2) is 10.1 Å². The number of hydrogen-bond donors (Lipinski definition) is 1. The van der Waals surface area contributed by atoms with E-state index in [1.165, 1.54) is 12.1 Å². The van der Waals surface area contributed by atoms with Gasteiger partial charge < -0.3 is 9.84 Å². The summed E-state index contributed by atoms with van der Waals surface area (Å²) in [5.74, 6) is 0.833. The van der Waals surface area contributed by atoms with Crippen LogP contribution in [0.2, 0.25) is 0 Å². The number of halogens is 1. The first kappa shape index (κ1) is 12.8. The van der Waals surface area contributed by atoms with Crippen LogP contribution < -0.4 is 5.32 Å². The predicted octanol–water partition coefficient (Wildman–Crippen LogP) is 3.86. The molecule has 3 rings (SSSR count). The molecule has 0 aliphatic heterocycles. The maximum atomic E-state index is 13.0. The summed E-state index contributed by atoms with van der Waals surface area (Å²) in [5.41, 5.74) is 2.63. The SMILES string of the molecule is Cc1cc(F)ccc1NCc1nc(-c2ccsc2)no1. The highest BCUT2D eigenvalue weighted by atomic mass is 32.1. The average Bonchev–Trinajstić information content (AvgIpc) is 3.08. The molecule has 0 aliphatic carbocycles. The molecule has 0 saturated carbocycles. The summed E-state index contributed by atoms with van der Waals surface area (Å²) in [6.45, 7) is 2.25. The molecular weight excluding hydrogens is 277 g/mol. The van der Waals surface area contributed by atoms with Gasteiger partial charge in [0.2, 0.25) is 11.7 Å². The third kappa shape index (κ3) is 2.70. The van der Waals surface area contributed by atoms with E-state index in [0.717, 1.165) is 16.8 Å². The molecule has 1 aromatic carbocycles. The second kappa shape index (κ2) is 5.42. The van der Waals surface area contributed by atoms with Crippen LogP contribution in [0.15, 0.2) is 39.5 Å². The Morgan fingerprint density at radius 2 is 2.25 bits per heavy atom. The Morgan fingerprint density at radius 1 is 1.35 bits per heavy atom. The summed E-state index contributed by atoms with van der Waals surface area (Å²) in [6, 6.07) is 6.53. The van der Waals surface area contributed by atoms with Crippen LogP contribution in [0.3, 0.4) is 0 Å². The molecule has 4 nitrogen and oxygen atoms in total. The summed E-state index contributed by atoms with van der Waals surface area (Å²) >= 11 is 1.58. The predicted molar refractivity (Wildman–Crippen MR) is 76.1 cm³/mol. The molecule has 0 radical (unpaired) electrons. The van der Waals surface area contributed by atoms with E-state index in [4.69, 9.17) is 4.52 Å². The largest absolute Gasteiger partial charge is 0.376 e. The molecule has 6 heteroatoms. The maximum Gasteiger partial charge on any atom is 0.246 e. The molecule has 3 aromatic rings. The first-order chi connectivity index (χ1) is 9.72. The summed E-state index contributed by atoms with van der Waals surface area (Å²) in [6.07, 6.45) is 0. The van der Waals surface area contributed by atoms with Crippen molar-refractivity contribution in [2.45, 2.75) is 13.5 Å². The van der Waals surface area contributed by atoms with Gasteiger partial charge in [-0.25, -0.2) is 4.39 Å². The molecule has 0 spiro atoms. The van der Waals surface area contributed by atoms with Crippen molar-refractivity contribution in [1.29, 1.82) is 0 Å². The first-order valence-corrected chi connectivity index (χ1v) is 7.02. The quantitative estimate of drug-likeness (QED) is 0.792. The van der Waals surface area contributed by atoms with Crippen LogP contribution >= 0.6 is 11.3 Å². The Morgan fingerprint density at radius 3 is 3.00 bits per heavy atom. The van der Waals surface area contributed by atoms with E-state index in [1.807, 2.05) is 23.8 Å². The molecule has 1 N–H and O–H groups in total. The van der Waals surface area contributed by atoms with E-state index in [1.54, 1.807) is 17.4 Å². The highest BCUT2D eigenvalue weighted by Crippen LogP contribution is 2.20. The lowest BCUT2D eigenvalue weighted by Gasteiger charge is -2.06. The standard InChI is InChI=1S/C14H12FN3OS/c1-9-6-11(15)2-3-12(9)16-7-13-17-14(18-19-13)10-4-5-20-8-10/h2-6,8,16H,7H2,1H3. The fourth-order valence-corrected chi connectivity index (χ4v) is 2.47. The summed E-state index contributed by atoms with van der Waals surface area (Å²) in [5, 5.41) is 11.0. The minimum Gasteiger partial charge on any atom is -0.376 e. The van der Waals surface area contributed by atoms with Gasteiger partial charge in [-0.2, -0.15) is 16.3 Å². The van der Waals surface area contributed by atoms with Crippen molar-refractivity contribution in [3.05, 3.63) is 52.3 Å². The number of aryl methyl sites for hydroxylation is 1. The van der Waals surface area contributed by atoms with Crippen LogP contribution in [0.25, 0.3) is 11.4 Å². The molecule has 20 heavy (non-hydrogen) atoms. The van der Waals surface area contributed by atoms with Gasteiger partial charge in [-0.3, -0.25) is 0 Å². The number of rotatable bonds is 4. The van der Waals surface area contributed by atoms with Crippen molar-refractivity contribution >= 4 is 17.0 Å². The number of aromatic nitrogens is 2. The second-order valence-electron chi connectivity index (χ2n) is 4.34. The van der Waals surface area contributed by atoms with Crippen molar-refractivity contribution in [1.82, 2.24) is 10.1 Å². The first-order valence-electron chi connectivity index (χ1n) is 6.07. The van der Waals surface area contributed by atoms with Crippen molar-refractivity contribution in [2.24, 2.45) is 0 Å². The van der Waals surface area contributed by atoms with Gasteiger partial charge in [0.1, 0.15) is 5.82 Å². The lowest BCUT2D eigenvalue weighted by molar-refractivity contribution is 0.384. The molecule has 2 heterocycles. The molecule has 0 saturated heterocycles. The topological polar surface area (TPSA) is 51.0 Å². The van der Waals surface area contributed by atoms with Crippen LogP contribution in [0.5, 0.6) is 0 Å². The molecule has 0 atom stereocenters. The Bertz CT molecular complexity index is 709. The number of nitrogens with one attached hydrogen (secondary N) is 1. The van der Waals surface area contributed by atoms with Crippen LogP contribution in [-0.2, 0) is 6.54 Å². The zero-order valence-electron chi connectivity index (χ0n) is 10.8. The highest BCUT2D eigenvalue weighted by molar-refractivity contribution is 7.08. The van der Waals surface area contributed by atoms with Gasteiger partial charge in [0, 0.05) is 16.6 Å². The third-order valence-corrected chi connectivity index (χ3v) is 3.55. The lowest BCUT2D eigenvalue weighted by atomic mass is 10.2. The molecular formula is C14H12FN3OS. The molecule has 0 fully saturated rings. The van der Waals surface area contributed by atoms with E-state index >= 15 is 0 Å². The Hall–Kier alpha value is -2.21. The summed E-state index contributed by atoms with van der Waals surface area (Å²) < 4.78 is 18.2. The average molecular weight is 289 g/mol. The summed E-state index contributed by atoms with van der Waals surface area (Å²) in [4.78, 5) is 4.31. The normalized spacial score (nSPS) is 10.7. The van der Waals surface area contributed by atoms with E-state index in [9.17, 15) is 4.39 Å². The maximum absolute atomic E-state index is 13.0. The van der Waals surface area contributed by atoms with E-state index in [2.05, 4.69) is 15.5 Å². The summed E-state index contributed by atoms with van der Waals surface area (Å²) in [7, 11) is 0. The molecule has 2 aromatic heterocycles. The van der Waals surface area contributed by atoms with E-state index in [-0.39, 0.29) is 5.82 Å². The highest BCUT2D eigenvalue weighted by Gasteiger charge is 2.09. The van der Waals surface area contributed by atoms with Gasteiger partial charge >= 0.3 is 0 Å². The zero-order valence-corrected chi connectivity index (χ0v) is 11.6. The number of hydrogen-bond acceptors (Lipinski definition) is 5. The minimum atomic E-state index is -0.245. The zero-order chi connectivity index (χ0) is 13.9. The van der Waals surface area contributed by atoms with Crippen molar-refractivity contribution in [3.63, 3.8) is 0 Å². The van der Waals surface area contributed by atoms with Gasteiger partial charge in [0.25, 0.3) is 0 Å². The second-order valence-corrected chi connectivity index (χ2v) is 5.12. The molecule has 0 aliphatic rings. The van der Waals surface area contributed by atoms with Crippen molar-refractivity contribution < 1.29 is 8.91 Å². The van der Waals surface area contributed by atoms with Gasteiger partial charge in [0.05, 0.1) is 6.54 Å². The van der Waals surface area contributed by atoms with Crippen LogP contribution in [0.4, 0.5) is 10.1 Å². The molecule has 0 amide bonds. The van der Waals surface area contributed by atoms with Gasteiger partial charge in [-0.15, -0.1) is 0 Å². The Kier molecular flexibility index (Phi) is 3.47. The molecule has 0 unspecified atom stereocenters. The number of thiophene rings is 1. The monoisotopic (exact) mass is 289 g/mol. The van der Waals surface area contributed by atoms with E-state index < -0.39 is 0 Å². The number of nitrogens with zero attached hydrogens (tertiary/aromatic N) is 2. The molecule has 0 bridgehead atoms. The van der Waals surface area contributed by atoms with Crippen LogP contribution in [0.1, 0.15) is 11.5 Å². The smallest absolute Gasteiger partial charge is 0.246 e. The minimum absolute atomic E-state index is 0.245. The Labute approximate surface area is 119 Å². The van der Waals surface area contributed by atoms with Gasteiger partial charge in [0.15, 0.2) is 0 Å². The van der Waals surface area contributed by atoms with Crippen LogP contribution in [0, 0.1) is 12.7 Å². The van der Waals surface area contributed by atoms with E-state index in [0.29, 0.717) is 18.3 Å². The van der Waals surface area contributed by atoms with Crippen molar-refractivity contribution in [3.8, 4) is 11.4 Å². The number of benzene rings is 1. The van der Waals surface area contributed by atoms with Crippen molar-refractivity contribution in [2.75, 3.05) is 5.32 Å². The Balaban J connectivity index is 1.70. The van der Waals surface area contributed by atoms with Gasteiger partial charge in [-0.05, 0) is 42.1 Å². The number of anilines is 1. The fourth-order valence-electron chi connectivity index (χ4n) is 1.83. The lowest BCUT2D eigenvalue weighted by Crippen LogP contribution is -2.01. The molecule has 102 valence electrons. The fraction of sp³-hybridized carbons (Fsp3) is 0.143. The van der Waals surface area contributed by atoms with Gasteiger partial charge in [-0.1, -0.05) is 5.16 Å².